The Bertz CT molecular complexity index is 1160. The van der Waals surface area contributed by atoms with Crippen molar-refractivity contribution in [2.75, 3.05) is 13.1 Å². The Morgan fingerprint density at radius 3 is 3.04 bits per heavy atom. The van der Waals surface area contributed by atoms with Crippen molar-refractivity contribution in [3.63, 3.8) is 0 Å². The van der Waals surface area contributed by atoms with E-state index in [0.717, 1.165) is 59.3 Å². The maximum Gasteiger partial charge on any atom is 0.227 e. The number of carbonyl (C=O) groups is 1. The molecule has 2 aromatic heterocycles. The number of hydrogen-bond donors (Lipinski definition) is 2. The molecule has 0 radical (unpaired) electrons. The first-order valence-corrected chi connectivity index (χ1v) is 9.96. The minimum atomic E-state index is 0.196. The van der Waals surface area contributed by atoms with Gasteiger partial charge in [0, 0.05) is 36.1 Å². The topological polar surface area (TPSA) is 64.8 Å². The van der Waals surface area contributed by atoms with E-state index in [9.17, 15) is 4.79 Å². The fraction of sp³-hybridized carbons (Fsp3) is 0.304. The number of para-hydroxylation sites is 1. The zero-order chi connectivity index (χ0) is 19.1. The van der Waals surface area contributed by atoms with E-state index in [1.54, 1.807) is 0 Å². The van der Waals surface area contributed by atoms with Gasteiger partial charge in [0.25, 0.3) is 0 Å². The van der Waals surface area contributed by atoms with Gasteiger partial charge < -0.3 is 14.9 Å². The fourth-order valence-electron chi connectivity index (χ4n) is 4.32. The second-order valence-electron chi connectivity index (χ2n) is 7.86. The number of aromatic nitrogens is 3. The fourth-order valence-corrected chi connectivity index (χ4v) is 4.32. The largest absolute Gasteiger partial charge is 0.361 e. The van der Waals surface area contributed by atoms with Crippen LogP contribution >= 0.6 is 0 Å². The molecule has 142 valence electrons. The van der Waals surface area contributed by atoms with Crippen molar-refractivity contribution in [2.45, 2.75) is 32.1 Å². The zero-order valence-electron chi connectivity index (χ0n) is 16.0. The summed E-state index contributed by atoms with van der Waals surface area (Å²) in [6.45, 7) is 3.66. The minimum Gasteiger partial charge on any atom is -0.361 e. The Morgan fingerprint density at radius 1 is 1.21 bits per heavy atom. The smallest absolute Gasteiger partial charge is 0.227 e. The molecule has 0 aliphatic carbocycles. The van der Waals surface area contributed by atoms with Crippen LogP contribution in [0.1, 0.15) is 35.7 Å². The van der Waals surface area contributed by atoms with Crippen LogP contribution in [0.5, 0.6) is 0 Å². The number of H-pyrrole nitrogens is 2. The van der Waals surface area contributed by atoms with Gasteiger partial charge in [-0.15, -0.1) is 0 Å². The molecule has 2 aromatic carbocycles. The number of hydrogen-bond acceptors (Lipinski definition) is 2. The van der Waals surface area contributed by atoms with Gasteiger partial charge in [0.1, 0.15) is 5.82 Å². The Kier molecular flexibility index (Phi) is 4.15. The highest BCUT2D eigenvalue weighted by Crippen LogP contribution is 2.28. The average molecular weight is 372 g/mol. The zero-order valence-corrected chi connectivity index (χ0v) is 16.0. The van der Waals surface area contributed by atoms with Gasteiger partial charge in [-0.2, -0.15) is 0 Å². The molecule has 1 aliphatic heterocycles. The van der Waals surface area contributed by atoms with Crippen LogP contribution < -0.4 is 0 Å². The van der Waals surface area contributed by atoms with E-state index in [1.165, 1.54) is 5.56 Å². The minimum absolute atomic E-state index is 0.196. The highest BCUT2D eigenvalue weighted by atomic mass is 16.2. The van der Waals surface area contributed by atoms with Gasteiger partial charge in [-0.05, 0) is 49.1 Å². The summed E-state index contributed by atoms with van der Waals surface area (Å²) in [5.74, 6) is 1.47. The summed E-state index contributed by atoms with van der Waals surface area (Å²) in [5.41, 5.74) is 5.46. The van der Waals surface area contributed by atoms with Crippen molar-refractivity contribution in [3.8, 4) is 0 Å². The van der Waals surface area contributed by atoms with Crippen LogP contribution in [0.25, 0.3) is 21.9 Å². The van der Waals surface area contributed by atoms with Gasteiger partial charge in [-0.1, -0.05) is 24.3 Å². The molecular formula is C23H24N4O. The summed E-state index contributed by atoms with van der Waals surface area (Å²) in [5, 5.41) is 1.14. The Morgan fingerprint density at radius 2 is 2.11 bits per heavy atom. The molecule has 0 saturated carbocycles. The highest BCUT2D eigenvalue weighted by Gasteiger charge is 2.27. The normalized spacial score (nSPS) is 17.5. The number of benzene rings is 2. The number of carbonyl (C=O) groups excluding carboxylic acids is 1. The molecule has 5 rings (SSSR count). The summed E-state index contributed by atoms with van der Waals surface area (Å²) in [6, 6.07) is 14.4. The first kappa shape index (κ1) is 17.0. The summed E-state index contributed by atoms with van der Waals surface area (Å²) in [7, 11) is 0. The lowest BCUT2D eigenvalue weighted by Crippen LogP contribution is -2.40. The first-order valence-electron chi connectivity index (χ1n) is 9.96. The van der Waals surface area contributed by atoms with Crippen molar-refractivity contribution in [2.24, 2.45) is 0 Å². The number of nitrogens with zero attached hydrogens (tertiary/aromatic N) is 2. The van der Waals surface area contributed by atoms with Crippen LogP contribution in [-0.4, -0.2) is 38.8 Å². The molecule has 1 atom stereocenters. The van der Waals surface area contributed by atoms with Crippen LogP contribution in [0.3, 0.4) is 0 Å². The van der Waals surface area contributed by atoms with Crippen molar-refractivity contribution < 1.29 is 4.79 Å². The lowest BCUT2D eigenvalue weighted by Gasteiger charge is -2.32. The molecule has 5 nitrogen and oxygen atoms in total. The van der Waals surface area contributed by atoms with Gasteiger partial charge in [0.15, 0.2) is 0 Å². The molecule has 1 aliphatic rings. The molecular weight excluding hydrogens is 348 g/mol. The number of nitrogens with one attached hydrogen (secondary N) is 2. The number of piperidine rings is 1. The predicted octanol–water partition coefficient (Wildman–Crippen LogP) is 4.30. The number of fused-ring (bicyclic) bond motifs is 2. The Hall–Kier alpha value is -3.08. The third-order valence-corrected chi connectivity index (χ3v) is 5.83. The van der Waals surface area contributed by atoms with E-state index in [0.29, 0.717) is 6.42 Å². The van der Waals surface area contributed by atoms with Crippen molar-refractivity contribution in [3.05, 3.63) is 65.6 Å². The molecule has 1 unspecified atom stereocenters. The number of likely N-dealkylation sites (tertiary alicyclic amines) is 1. The van der Waals surface area contributed by atoms with Crippen LogP contribution in [0, 0.1) is 6.92 Å². The third kappa shape index (κ3) is 3.07. The second-order valence-corrected chi connectivity index (χ2v) is 7.86. The van der Waals surface area contributed by atoms with Crippen LogP contribution in [0.15, 0.2) is 48.7 Å². The molecule has 28 heavy (non-hydrogen) atoms. The van der Waals surface area contributed by atoms with Crippen molar-refractivity contribution in [1.29, 1.82) is 0 Å². The third-order valence-electron chi connectivity index (χ3n) is 5.83. The molecule has 0 spiro atoms. The number of amides is 1. The van der Waals surface area contributed by atoms with Gasteiger partial charge in [-0.25, -0.2) is 4.98 Å². The monoisotopic (exact) mass is 372 g/mol. The van der Waals surface area contributed by atoms with E-state index in [4.69, 9.17) is 4.98 Å². The summed E-state index contributed by atoms with van der Waals surface area (Å²) >= 11 is 0. The summed E-state index contributed by atoms with van der Waals surface area (Å²) in [4.78, 5) is 26.5. The SMILES string of the molecule is Cc1ccc2nc(C3CCCN(C(=O)Cc4c[nH]c5ccccc45)C3)[nH]c2c1. The lowest BCUT2D eigenvalue weighted by atomic mass is 9.96. The standard InChI is InChI=1S/C23H24N4O/c1-15-8-9-20-21(11-15)26-23(25-20)16-5-4-10-27(14-16)22(28)12-17-13-24-19-7-3-2-6-18(17)19/h2-3,6-9,11,13,16,24H,4-5,10,12,14H2,1H3,(H,25,26). The van der Waals surface area contributed by atoms with E-state index in [-0.39, 0.29) is 11.8 Å². The lowest BCUT2D eigenvalue weighted by molar-refractivity contribution is -0.131. The predicted molar refractivity (Wildman–Crippen MR) is 111 cm³/mol. The summed E-state index contributed by atoms with van der Waals surface area (Å²) in [6.07, 6.45) is 4.48. The number of imidazole rings is 1. The van der Waals surface area contributed by atoms with Crippen molar-refractivity contribution in [1.82, 2.24) is 19.9 Å². The number of rotatable bonds is 3. The van der Waals surface area contributed by atoms with Gasteiger partial charge in [-0.3, -0.25) is 4.79 Å². The highest BCUT2D eigenvalue weighted by molar-refractivity contribution is 5.89. The molecule has 3 heterocycles. The maximum atomic E-state index is 13.0. The van der Waals surface area contributed by atoms with Gasteiger partial charge in [0.2, 0.25) is 5.91 Å². The first-order chi connectivity index (χ1) is 13.7. The van der Waals surface area contributed by atoms with E-state index in [1.807, 2.05) is 29.3 Å². The van der Waals surface area contributed by atoms with Crippen LogP contribution in [0.2, 0.25) is 0 Å². The second kappa shape index (κ2) is 6.82. The van der Waals surface area contributed by atoms with E-state index >= 15 is 0 Å². The molecule has 1 fully saturated rings. The quantitative estimate of drug-likeness (QED) is 0.563. The van der Waals surface area contributed by atoms with Crippen LogP contribution in [0.4, 0.5) is 0 Å². The molecule has 0 bridgehead atoms. The number of aromatic amines is 2. The average Bonchev–Trinajstić information content (AvgIpc) is 3.32. The molecule has 1 amide bonds. The van der Waals surface area contributed by atoms with Gasteiger partial charge in [0.05, 0.1) is 17.5 Å². The van der Waals surface area contributed by atoms with Crippen LogP contribution in [-0.2, 0) is 11.2 Å². The molecule has 5 heteroatoms. The van der Waals surface area contributed by atoms with Crippen molar-refractivity contribution >= 4 is 27.8 Å². The number of aryl methyl sites for hydroxylation is 1. The Labute approximate surface area is 163 Å². The summed E-state index contributed by atoms with van der Waals surface area (Å²) < 4.78 is 0. The molecule has 2 N–H and O–H groups in total. The van der Waals surface area contributed by atoms with Gasteiger partial charge >= 0.3 is 0 Å². The van der Waals surface area contributed by atoms with E-state index < -0.39 is 0 Å². The Balaban J connectivity index is 1.33. The molecule has 1 saturated heterocycles. The van der Waals surface area contributed by atoms with E-state index in [2.05, 4.69) is 41.2 Å². The maximum absolute atomic E-state index is 13.0. The molecule has 4 aromatic rings.